The van der Waals surface area contributed by atoms with Crippen molar-refractivity contribution < 1.29 is 13.9 Å². The number of aromatic nitrogens is 2. The van der Waals surface area contributed by atoms with Gasteiger partial charge in [-0.1, -0.05) is 0 Å². The second kappa shape index (κ2) is 7.53. The van der Waals surface area contributed by atoms with Crippen molar-refractivity contribution in [3.05, 3.63) is 30.3 Å². The van der Waals surface area contributed by atoms with E-state index in [1.54, 1.807) is 6.07 Å². The summed E-state index contributed by atoms with van der Waals surface area (Å²) in [7, 11) is 1.41. The number of benzene rings is 1. The van der Waals surface area contributed by atoms with Gasteiger partial charge < -0.3 is 10.1 Å². The molecule has 0 spiro atoms. The van der Waals surface area contributed by atoms with Crippen molar-refractivity contribution in [1.29, 1.82) is 0 Å². The topological polar surface area (TPSA) is 67.3 Å². The first-order valence-corrected chi connectivity index (χ1v) is 8.09. The van der Waals surface area contributed by atoms with Gasteiger partial charge >= 0.3 is 5.97 Å². The van der Waals surface area contributed by atoms with Gasteiger partial charge in [-0.25, -0.2) is 14.4 Å². The normalized spacial score (nSPS) is 18.5. The van der Waals surface area contributed by atoms with Crippen molar-refractivity contribution in [2.24, 2.45) is 5.92 Å². The van der Waals surface area contributed by atoms with Gasteiger partial charge in [-0.05, 0) is 43.5 Å². The molecule has 6 nitrogen and oxygen atoms in total. The molecule has 1 fully saturated rings. The molecule has 0 unspecified atom stereocenters. The summed E-state index contributed by atoms with van der Waals surface area (Å²) in [6.45, 7) is 2.79. The molecule has 1 aliphatic heterocycles. The van der Waals surface area contributed by atoms with Crippen molar-refractivity contribution in [2.75, 3.05) is 38.6 Å². The molecule has 1 aromatic carbocycles. The van der Waals surface area contributed by atoms with Gasteiger partial charge in [0.2, 0.25) is 0 Å². The Morgan fingerprint density at radius 3 is 3.17 bits per heavy atom. The maximum Gasteiger partial charge on any atom is 0.319 e. The van der Waals surface area contributed by atoms with Crippen LogP contribution >= 0.6 is 0 Å². The van der Waals surface area contributed by atoms with Crippen molar-refractivity contribution in [3.63, 3.8) is 0 Å². The number of anilines is 1. The summed E-state index contributed by atoms with van der Waals surface area (Å²) in [6.07, 6.45) is 3.61. The van der Waals surface area contributed by atoms with Crippen LogP contribution in [0.1, 0.15) is 12.8 Å². The highest BCUT2D eigenvalue weighted by Gasteiger charge is 2.22. The quantitative estimate of drug-likeness (QED) is 0.846. The molecule has 0 aliphatic carbocycles. The zero-order valence-corrected chi connectivity index (χ0v) is 13.7. The molecule has 1 aromatic heterocycles. The number of rotatable bonds is 5. The first-order chi connectivity index (χ1) is 11.7. The van der Waals surface area contributed by atoms with Gasteiger partial charge in [0.05, 0.1) is 19.2 Å². The SMILES string of the molecule is COC(=O)CN1CCC[C@H](CNc2ncnc3ccc(F)cc23)C1. The minimum Gasteiger partial charge on any atom is -0.468 e. The summed E-state index contributed by atoms with van der Waals surface area (Å²) in [5.41, 5.74) is 0.713. The van der Waals surface area contributed by atoms with Gasteiger partial charge in [0.1, 0.15) is 18.0 Å². The molecule has 2 aromatic rings. The van der Waals surface area contributed by atoms with Crippen LogP contribution < -0.4 is 5.32 Å². The van der Waals surface area contributed by atoms with Gasteiger partial charge in [0, 0.05) is 18.5 Å². The van der Waals surface area contributed by atoms with Gasteiger partial charge in [0.25, 0.3) is 0 Å². The molecule has 24 heavy (non-hydrogen) atoms. The molecule has 1 aliphatic rings. The Labute approximate surface area is 140 Å². The fourth-order valence-corrected chi connectivity index (χ4v) is 3.12. The van der Waals surface area contributed by atoms with E-state index < -0.39 is 0 Å². The standard InChI is InChI=1S/C17H21FN4O2/c1-24-16(23)10-22-6-2-3-12(9-22)8-19-17-14-7-13(18)4-5-15(14)20-11-21-17/h4-5,7,11-12H,2-3,6,8-10H2,1H3,(H,19,20,21)/t12-/m1/s1. The number of halogens is 1. The molecule has 2 heterocycles. The molecule has 1 atom stereocenters. The van der Waals surface area contributed by atoms with E-state index in [1.165, 1.54) is 25.6 Å². The van der Waals surface area contributed by atoms with E-state index in [1.807, 2.05) is 0 Å². The number of likely N-dealkylation sites (tertiary alicyclic amines) is 1. The molecule has 0 saturated carbocycles. The lowest BCUT2D eigenvalue weighted by atomic mass is 9.98. The summed E-state index contributed by atoms with van der Waals surface area (Å²) in [5, 5.41) is 3.99. The zero-order valence-electron chi connectivity index (χ0n) is 13.7. The Balaban J connectivity index is 1.63. The summed E-state index contributed by atoms with van der Waals surface area (Å²) in [4.78, 5) is 21.9. The molecule has 7 heteroatoms. The summed E-state index contributed by atoms with van der Waals surface area (Å²) in [5.74, 6) is 0.537. The zero-order chi connectivity index (χ0) is 16.9. The van der Waals surface area contributed by atoms with E-state index in [4.69, 9.17) is 4.74 Å². The van der Waals surface area contributed by atoms with E-state index in [0.29, 0.717) is 29.2 Å². The van der Waals surface area contributed by atoms with Crippen molar-refractivity contribution in [1.82, 2.24) is 14.9 Å². The maximum atomic E-state index is 13.5. The molecule has 128 valence electrons. The van der Waals surface area contributed by atoms with Crippen LogP contribution in [0.15, 0.2) is 24.5 Å². The number of fused-ring (bicyclic) bond motifs is 1. The second-order valence-corrected chi connectivity index (χ2v) is 6.08. The highest BCUT2D eigenvalue weighted by atomic mass is 19.1. The molecular formula is C17H21FN4O2. The third-order valence-corrected chi connectivity index (χ3v) is 4.34. The average Bonchev–Trinajstić information content (AvgIpc) is 2.60. The average molecular weight is 332 g/mol. The first-order valence-electron chi connectivity index (χ1n) is 8.09. The number of methoxy groups -OCH3 is 1. The van der Waals surface area contributed by atoms with Crippen LogP contribution in [0.5, 0.6) is 0 Å². The third-order valence-electron chi connectivity index (χ3n) is 4.34. The smallest absolute Gasteiger partial charge is 0.319 e. The van der Waals surface area contributed by atoms with E-state index in [9.17, 15) is 9.18 Å². The fraction of sp³-hybridized carbons (Fsp3) is 0.471. The van der Waals surface area contributed by atoms with Crippen LogP contribution in [0.3, 0.4) is 0 Å². The Morgan fingerprint density at radius 2 is 2.33 bits per heavy atom. The predicted octanol–water partition coefficient (Wildman–Crippen LogP) is 2.07. The highest BCUT2D eigenvalue weighted by molar-refractivity contribution is 5.88. The number of hydrogen-bond donors (Lipinski definition) is 1. The molecule has 3 rings (SSSR count). The number of hydrogen-bond acceptors (Lipinski definition) is 6. The Bertz CT molecular complexity index is 725. The molecule has 0 radical (unpaired) electrons. The molecule has 0 bridgehead atoms. The van der Waals surface area contributed by atoms with Gasteiger partial charge in [-0.15, -0.1) is 0 Å². The van der Waals surface area contributed by atoms with Crippen LogP contribution in [-0.4, -0.2) is 54.1 Å². The molecule has 1 N–H and O–H groups in total. The number of nitrogens with zero attached hydrogens (tertiary/aromatic N) is 3. The second-order valence-electron chi connectivity index (χ2n) is 6.08. The lowest BCUT2D eigenvalue weighted by molar-refractivity contribution is -0.142. The number of nitrogens with one attached hydrogen (secondary N) is 1. The number of ether oxygens (including phenoxy) is 1. The van der Waals surface area contributed by atoms with Crippen molar-refractivity contribution in [2.45, 2.75) is 12.8 Å². The monoisotopic (exact) mass is 332 g/mol. The molecular weight excluding hydrogens is 311 g/mol. The Hall–Kier alpha value is -2.28. The minimum absolute atomic E-state index is 0.208. The van der Waals surface area contributed by atoms with Crippen molar-refractivity contribution in [3.8, 4) is 0 Å². The maximum absolute atomic E-state index is 13.5. The largest absolute Gasteiger partial charge is 0.468 e. The van der Waals surface area contributed by atoms with Crippen LogP contribution in [0, 0.1) is 11.7 Å². The van der Waals surface area contributed by atoms with E-state index >= 15 is 0 Å². The number of piperidine rings is 1. The van der Waals surface area contributed by atoms with Crippen LogP contribution in [-0.2, 0) is 9.53 Å². The van der Waals surface area contributed by atoms with Crippen molar-refractivity contribution >= 4 is 22.7 Å². The van der Waals surface area contributed by atoms with Crippen LogP contribution in [0.2, 0.25) is 0 Å². The number of esters is 1. The van der Waals surface area contributed by atoms with Crippen LogP contribution in [0.25, 0.3) is 10.9 Å². The summed E-state index contributed by atoms with van der Waals surface area (Å²) in [6, 6.07) is 4.49. The van der Waals surface area contributed by atoms with Gasteiger partial charge in [-0.3, -0.25) is 9.69 Å². The highest BCUT2D eigenvalue weighted by Crippen LogP contribution is 2.22. The van der Waals surface area contributed by atoms with Crippen LogP contribution in [0.4, 0.5) is 10.2 Å². The number of carbonyl (C=O) groups is 1. The summed E-state index contributed by atoms with van der Waals surface area (Å²) >= 11 is 0. The minimum atomic E-state index is -0.303. The first kappa shape index (κ1) is 16.6. The van der Waals surface area contributed by atoms with E-state index in [0.717, 1.165) is 32.5 Å². The lowest BCUT2D eigenvalue weighted by Crippen LogP contribution is -2.41. The lowest BCUT2D eigenvalue weighted by Gasteiger charge is -2.32. The molecule has 0 amide bonds. The predicted molar refractivity (Wildman–Crippen MR) is 89.2 cm³/mol. The Morgan fingerprint density at radius 1 is 1.46 bits per heavy atom. The number of carbonyl (C=O) groups excluding carboxylic acids is 1. The summed E-state index contributed by atoms with van der Waals surface area (Å²) < 4.78 is 18.2. The van der Waals surface area contributed by atoms with E-state index in [2.05, 4.69) is 20.2 Å². The fourth-order valence-electron chi connectivity index (χ4n) is 3.12. The third kappa shape index (κ3) is 3.97. The van der Waals surface area contributed by atoms with E-state index in [-0.39, 0.29) is 11.8 Å². The van der Waals surface area contributed by atoms with Gasteiger partial charge in [0.15, 0.2) is 0 Å². The Kier molecular flexibility index (Phi) is 5.20. The molecule has 1 saturated heterocycles. The van der Waals surface area contributed by atoms with Gasteiger partial charge in [-0.2, -0.15) is 0 Å².